The molecular formula is C29H23ClNO6+. The number of hydrogen-bond acceptors (Lipinski definition) is 6. The van der Waals surface area contributed by atoms with Gasteiger partial charge >= 0.3 is 5.97 Å². The van der Waals surface area contributed by atoms with E-state index in [1.807, 2.05) is 18.2 Å². The Morgan fingerprint density at radius 3 is 2.51 bits per heavy atom. The van der Waals surface area contributed by atoms with Crippen molar-refractivity contribution in [1.29, 1.82) is 0 Å². The Morgan fingerprint density at radius 2 is 1.68 bits per heavy atom. The van der Waals surface area contributed by atoms with E-state index in [0.29, 0.717) is 22.8 Å². The standard InChI is InChI=1S/C29H22NO6.ClH/c1-32-22-6-4-3-5-19(22)29(31)36-28-21-14-30-12-11-16-13-24-27(35-15-34-24)20-8-7-18(26(30)25(16)20)17(21)9-10-23(28)33-2;/h3-10,13-14H,11-12,15H2,1-2H3;1H/q+1;. The minimum absolute atomic E-state index is 0. The van der Waals surface area contributed by atoms with Gasteiger partial charge in [0.15, 0.2) is 35.7 Å². The second kappa shape index (κ2) is 8.71. The van der Waals surface area contributed by atoms with Crippen molar-refractivity contribution in [3.8, 4) is 28.7 Å². The number of esters is 1. The summed E-state index contributed by atoms with van der Waals surface area (Å²) in [6.45, 7) is 1.03. The summed E-state index contributed by atoms with van der Waals surface area (Å²) in [5, 5.41) is 5.06. The summed E-state index contributed by atoms with van der Waals surface area (Å²) < 4.78 is 30.7. The highest BCUT2D eigenvalue weighted by atomic mass is 35.5. The fraction of sp³-hybridized carbons (Fsp3) is 0.172. The van der Waals surface area contributed by atoms with Crippen LogP contribution < -0.4 is 28.3 Å². The van der Waals surface area contributed by atoms with Crippen LogP contribution in [0.1, 0.15) is 15.9 Å². The lowest BCUT2D eigenvalue weighted by Gasteiger charge is -2.18. The average molecular weight is 517 g/mol. The highest BCUT2D eigenvalue weighted by Gasteiger charge is 2.30. The molecule has 0 aliphatic carbocycles. The number of pyridine rings is 1. The number of benzene rings is 4. The summed E-state index contributed by atoms with van der Waals surface area (Å²) in [6.07, 6.45) is 2.91. The van der Waals surface area contributed by atoms with E-state index < -0.39 is 5.97 Å². The second-order valence-electron chi connectivity index (χ2n) is 8.87. The fourth-order valence-corrected chi connectivity index (χ4v) is 5.46. The van der Waals surface area contributed by atoms with Gasteiger partial charge in [-0.05, 0) is 48.0 Å². The van der Waals surface area contributed by atoms with Crippen LogP contribution in [0.25, 0.3) is 32.4 Å². The van der Waals surface area contributed by atoms with Gasteiger partial charge in [0, 0.05) is 17.2 Å². The van der Waals surface area contributed by atoms with Crippen molar-refractivity contribution in [2.45, 2.75) is 13.0 Å². The number of methoxy groups -OCH3 is 2. The topological polar surface area (TPSA) is 67.1 Å². The van der Waals surface area contributed by atoms with Gasteiger partial charge in [-0.1, -0.05) is 12.1 Å². The largest absolute Gasteiger partial charge is 0.496 e. The number of para-hydroxylation sites is 1. The van der Waals surface area contributed by atoms with Gasteiger partial charge in [0.25, 0.3) is 0 Å². The molecular weight excluding hydrogens is 494 g/mol. The van der Waals surface area contributed by atoms with Gasteiger partial charge in [-0.3, -0.25) is 0 Å². The molecule has 2 aliphatic heterocycles. The molecule has 0 radical (unpaired) electrons. The molecule has 0 N–H and O–H groups in total. The lowest BCUT2D eigenvalue weighted by Crippen LogP contribution is -2.38. The van der Waals surface area contributed by atoms with Crippen molar-refractivity contribution in [1.82, 2.24) is 0 Å². The van der Waals surface area contributed by atoms with E-state index in [1.54, 1.807) is 25.3 Å². The van der Waals surface area contributed by atoms with E-state index in [1.165, 1.54) is 18.1 Å². The quantitative estimate of drug-likeness (QED) is 0.138. The number of aryl methyl sites for hydroxylation is 2. The van der Waals surface area contributed by atoms with E-state index in [4.69, 9.17) is 23.7 Å². The predicted octanol–water partition coefficient (Wildman–Crippen LogP) is 5.38. The molecule has 3 heterocycles. The molecule has 0 fully saturated rings. The zero-order valence-electron chi connectivity index (χ0n) is 20.2. The molecule has 1 aromatic heterocycles. The maximum absolute atomic E-state index is 13.2. The molecule has 0 amide bonds. The van der Waals surface area contributed by atoms with Crippen LogP contribution in [0, 0.1) is 0 Å². The van der Waals surface area contributed by atoms with Gasteiger partial charge in [-0.15, -0.1) is 12.4 Å². The Bertz CT molecular complexity index is 1750. The first-order chi connectivity index (χ1) is 17.7. The first kappa shape index (κ1) is 23.2. The van der Waals surface area contributed by atoms with Crippen LogP contribution >= 0.6 is 12.4 Å². The molecule has 4 aromatic carbocycles. The van der Waals surface area contributed by atoms with Crippen LogP contribution in [0.4, 0.5) is 0 Å². The molecule has 5 aromatic rings. The highest BCUT2D eigenvalue weighted by Crippen LogP contribution is 2.46. The summed E-state index contributed by atoms with van der Waals surface area (Å²) in [5.74, 6) is 2.42. The van der Waals surface area contributed by atoms with Gasteiger partial charge in [-0.25, -0.2) is 4.79 Å². The second-order valence-corrected chi connectivity index (χ2v) is 8.87. The Balaban J connectivity index is 0.00000252. The number of halogens is 1. The number of nitrogens with zero attached hydrogens (tertiary/aromatic N) is 1. The third-order valence-corrected chi connectivity index (χ3v) is 7.08. The first-order valence-electron chi connectivity index (χ1n) is 11.7. The molecule has 186 valence electrons. The van der Waals surface area contributed by atoms with E-state index in [2.05, 4.69) is 29.0 Å². The van der Waals surface area contributed by atoms with E-state index in [0.717, 1.165) is 51.5 Å². The molecule has 0 unspecified atom stereocenters. The monoisotopic (exact) mass is 516 g/mol. The zero-order valence-corrected chi connectivity index (χ0v) is 21.0. The molecule has 8 heteroatoms. The van der Waals surface area contributed by atoms with Crippen molar-refractivity contribution < 1.29 is 33.0 Å². The van der Waals surface area contributed by atoms with Crippen LogP contribution in [0.15, 0.2) is 60.8 Å². The van der Waals surface area contributed by atoms with Gasteiger partial charge in [0.05, 0.1) is 30.4 Å². The van der Waals surface area contributed by atoms with E-state index in [9.17, 15) is 4.79 Å². The zero-order chi connectivity index (χ0) is 24.4. The number of fused-ring (bicyclic) bond motifs is 4. The first-order valence-corrected chi connectivity index (χ1v) is 11.7. The van der Waals surface area contributed by atoms with Crippen molar-refractivity contribution in [3.63, 3.8) is 0 Å². The van der Waals surface area contributed by atoms with Crippen LogP contribution in [0.2, 0.25) is 0 Å². The summed E-state index contributed by atoms with van der Waals surface area (Å²) in [5.41, 5.74) is 2.72. The van der Waals surface area contributed by atoms with E-state index >= 15 is 0 Å². The number of hydrogen-bond donors (Lipinski definition) is 0. The number of aromatic nitrogens is 1. The Hall–Kier alpha value is -4.23. The summed E-state index contributed by atoms with van der Waals surface area (Å²) in [7, 11) is 3.10. The van der Waals surface area contributed by atoms with Gasteiger partial charge in [-0.2, -0.15) is 4.57 Å². The van der Waals surface area contributed by atoms with Crippen molar-refractivity contribution in [3.05, 3.63) is 71.9 Å². The summed E-state index contributed by atoms with van der Waals surface area (Å²) in [6, 6.07) is 17.2. The average Bonchev–Trinajstić information content (AvgIpc) is 3.40. The maximum Gasteiger partial charge on any atom is 0.347 e. The molecule has 0 atom stereocenters. The van der Waals surface area contributed by atoms with Gasteiger partial charge in [0.2, 0.25) is 12.3 Å². The molecule has 37 heavy (non-hydrogen) atoms. The van der Waals surface area contributed by atoms with Crippen LogP contribution in [0.3, 0.4) is 0 Å². The van der Waals surface area contributed by atoms with Gasteiger partial charge in [0.1, 0.15) is 11.3 Å². The summed E-state index contributed by atoms with van der Waals surface area (Å²) >= 11 is 0. The molecule has 7 nitrogen and oxygen atoms in total. The predicted molar refractivity (Wildman–Crippen MR) is 141 cm³/mol. The van der Waals surface area contributed by atoms with Crippen LogP contribution in [0.5, 0.6) is 28.7 Å². The van der Waals surface area contributed by atoms with Crippen LogP contribution in [-0.2, 0) is 13.0 Å². The molecule has 7 rings (SSSR count). The normalized spacial score (nSPS) is 13.1. The van der Waals surface area contributed by atoms with Crippen LogP contribution in [-0.4, -0.2) is 27.0 Å². The lowest BCUT2D eigenvalue weighted by atomic mass is 9.93. The number of carbonyl (C=O) groups excluding carboxylic acids is 1. The third-order valence-electron chi connectivity index (χ3n) is 7.08. The Labute approximate surface area is 218 Å². The molecule has 0 saturated carbocycles. The smallest absolute Gasteiger partial charge is 0.347 e. The Morgan fingerprint density at radius 1 is 0.892 bits per heavy atom. The van der Waals surface area contributed by atoms with Crippen molar-refractivity contribution in [2.75, 3.05) is 21.0 Å². The third kappa shape index (κ3) is 3.34. The summed E-state index contributed by atoms with van der Waals surface area (Å²) in [4.78, 5) is 13.2. The number of ether oxygens (including phenoxy) is 5. The maximum atomic E-state index is 13.2. The Kier molecular flexibility index (Phi) is 5.46. The molecule has 0 saturated heterocycles. The van der Waals surface area contributed by atoms with Crippen molar-refractivity contribution >= 4 is 50.8 Å². The SMILES string of the molecule is COc1ccccc1C(=O)Oc1c(OC)ccc2c1c[n+]1c3c2ccc2c4c(cc(c23)CC1)OCO4.Cl. The molecule has 0 spiro atoms. The minimum Gasteiger partial charge on any atom is -0.496 e. The fourth-order valence-electron chi connectivity index (χ4n) is 5.46. The molecule has 2 aliphatic rings. The van der Waals surface area contributed by atoms with Crippen molar-refractivity contribution in [2.24, 2.45) is 0 Å². The lowest BCUT2D eigenvalue weighted by molar-refractivity contribution is -0.670. The minimum atomic E-state index is -0.509. The van der Waals surface area contributed by atoms with Gasteiger partial charge < -0.3 is 23.7 Å². The number of carbonyl (C=O) groups is 1. The van der Waals surface area contributed by atoms with E-state index in [-0.39, 0.29) is 19.2 Å². The molecule has 0 bridgehead atoms. The number of rotatable bonds is 4. The highest BCUT2D eigenvalue weighted by molar-refractivity contribution is 6.17.